The highest BCUT2D eigenvalue weighted by Gasteiger charge is 2.20. The normalized spacial score (nSPS) is 13.6. The number of aromatic carboxylic acids is 1. The van der Waals surface area contributed by atoms with Crippen LogP contribution in [-0.4, -0.2) is 48.4 Å². The third kappa shape index (κ3) is 4.40. The van der Waals surface area contributed by atoms with Crippen LogP contribution in [0.15, 0.2) is 60.7 Å². The molecule has 0 radical (unpaired) electrons. The maximum absolute atomic E-state index is 14.2. The van der Waals surface area contributed by atoms with Gasteiger partial charge in [0.25, 0.3) is 5.91 Å². The predicted octanol–water partition coefficient (Wildman–Crippen LogP) is 3.99. The van der Waals surface area contributed by atoms with Crippen molar-refractivity contribution in [1.29, 1.82) is 0 Å². The molecule has 0 saturated carbocycles. The number of halogens is 1. The Morgan fingerprint density at radius 1 is 0.969 bits per heavy atom. The molecule has 1 saturated heterocycles. The van der Waals surface area contributed by atoms with E-state index in [4.69, 9.17) is 4.74 Å². The highest BCUT2D eigenvalue weighted by atomic mass is 19.1. The molecule has 7 nitrogen and oxygen atoms in total. The SMILES string of the molecule is O=C(Nc1cc(-c2ccccc2F)ccc1C(=O)O)c1cc(N2CCOCC2)ccc1O. The van der Waals surface area contributed by atoms with Crippen LogP contribution in [-0.2, 0) is 4.74 Å². The summed E-state index contributed by atoms with van der Waals surface area (Å²) in [5, 5.41) is 22.4. The third-order valence-corrected chi connectivity index (χ3v) is 5.28. The zero-order valence-electron chi connectivity index (χ0n) is 17.0. The maximum atomic E-state index is 14.2. The maximum Gasteiger partial charge on any atom is 0.337 e. The zero-order chi connectivity index (χ0) is 22.7. The second kappa shape index (κ2) is 9.07. The number of nitrogens with zero attached hydrogens (tertiary/aromatic N) is 1. The van der Waals surface area contributed by atoms with Gasteiger partial charge in [0, 0.05) is 24.3 Å². The molecule has 8 heteroatoms. The van der Waals surface area contributed by atoms with Crippen LogP contribution < -0.4 is 10.2 Å². The molecular weight excluding hydrogens is 415 g/mol. The molecule has 1 fully saturated rings. The monoisotopic (exact) mass is 436 g/mol. The van der Waals surface area contributed by atoms with Crippen molar-refractivity contribution in [2.45, 2.75) is 0 Å². The average Bonchev–Trinajstić information content (AvgIpc) is 2.80. The Kier molecular flexibility index (Phi) is 6.04. The summed E-state index contributed by atoms with van der Waals surface area (Å²) in [5.74, 6) is -2.62. The largest absolute Gasteiger partial charge is 0.507 e. The molecule has 0 aromatic heterocycles. The molecule has 4 rings (SSSR count). The highest BCUT2D eigenvalue weighted by molar-refractivity contribution is 6.10. The van der Waals surface area contributed by atoms with Crippen molar-refractivity contribution in [1.82, 2.24) is 0 Å². The van der Waals surface area contributed by atoms with E-state index in [2.05, 4.69) is 5.32 Å². The third-order valence-electron chi connectivity index (χ3n) is 5.28. The summed E-state index contributed by atoms with van der Waals surface area (Å²) in [4.78, 5) is 26.7. The molecule has 32 heavy (non-hydrogen) atoms. The van der Waals surface area contributed by atoms with Crippen LogP contribution in [0.5, 0.6) is 5.75 Å². The number of aromatic hydroxyl groups is 1. The molecule has 1 aliphatic rings. The number of nitrogens with one attached hydrogen (secondary N) is 1. The number of anilines is 2. The van der Waals surface area contributed by atoms with E-state index in [1.165, 1.54) is 30.3 Å². The second-order valence-electron chi connectivity index (χ2n) is 7.30. The van der Waals surface area contributed by atoms with Gasteiger partial charge in [-0.15, -0.1) is 0 Å². The molecule has 1 aliphatic heterocycles. The van der Waals surface area contributed by atoms with Gasteiger partial charge in [-0.1, -0.05) is 24.3 Å². The fourth-order valence-electron chi connectivity index (χ4n) is 3.61. The van der Waals surface area contributed by atoms with Crippen molar-refractivity contribution in [3.8, 4) is 16.9 Å². The number of carboxylic acids is 1. The molecule has 0 unspecified atom stereocenters. The molecule has 0 bridgehead atoms. The highest BCUT2D eigenvalue weighted by Crippen LogP contribution is 2.30. The van der Waals surface area contributed by atoms with Crippen molar-refractivity contribution in [3.63, 3.8) is 0 Å². The van der Waals surface area contributed by atoms with Crippen molar-refractivity contribution < 1.29 is 28.9 Å². The minimum atomic E-state index is -1.24. The van der Waals surface area contributed by atoms with Gasteiger partial charge in [-0.05, 0) is 42.0 Å². The topological polar surface area (TPSA) is 99.1 Å². The Labute approximate surface area is 183 Å². The number of carbonyl (C=O) groups excluding carboxylic acids is 1. The number of hydrogen-bond donors (Lipinski definition) is 3. The Morgan fingerprint density at radius 2 is 1.72 bits per heavy atom. The summed E-state index contributed by atoms with van der Waals surface area (Å²) < 4.78 is 19.6. The minimum absolute atomic E-state index is 0.000529. The molecule has 3 aromatic rings. The Morgan fingerprint density at radius 3 is 2.44 bits per heavy atom. The first-order valence-corrected chi connectivity index (χ1v) is 10.0. The fourth-order valence-corrected chi connectivity index (χ4v) is 3.61. The van der Waals surface area contributed by atoms with Crippen LogP contribution in [0.1, 0.15) is 20.7 Å². The molecule has 3 N–H and O–H groups in total. The van der Waals surface area contributed by atoms with Gasteiger partial charge in [0.1, 0.15) is 11.6 Å². The molecule has 3 aromatic carbocycles. The lowest BCUT2D eigenvalue weighted by Gasteiger charge is -2.29. The summed E-state index contributed by atoms with van der Waals surface area (Å²) in [6, 6.07) is 15.0. The van der Waals surface area contributed by atoms with Gasteiger partial charge in [0.15, 0.2) is 0 Å². The van der Waals surface area contributed by atoms with Crippen LogP contribution in [0.2, 0.25) is 0 Å². The number of carboxylic acid groups (broad SMARTS) is 1. The quantitative estimate of drug-likeness (QED) is 0.560. The molecule has 1 amide bonds. The first-order chi connectivity index (χ1) is 15.4. The number of ether oxygens (including phenoxy) is 1. The number of benzene rings is 3. The molecule has 164 valence electrons. The molecule has 0 atom stereocenters. The van der Waals surface area contributed by atoms with E-state index in [1.54, 1.807) is 30.3 Å². The van der Waals surface area contributed by atoms with Gasteiger partial charge in [-0.2, -0.15) is 0 Å². The number of phenols is 1. The van der Waals surface area contributed by atoms with E-state index < -0.39 is 17.7 Å². The van der Waals surface area contributed by atoms with E-state index in [0.717, 1.165) is 5.69 Å². The standard InChI is InChI=1S/C24H21FN2O5/c25-20-4-2-1-3-17(20)15-5-7-18(24(30)31)21(13-15)26-23(29)19-14-16(6-8-22(19)28)27-9-11-32-12-10-27/h1-8,13-14,28H,9-12H2,(H,26,29)(H,30,31). The van der Waals surface area contributed by atoms with Crippen molar-refractivity contribution in [2.24, 2.45) is 0 Å². The van der Waals surface area contributed by atoms with Gasteiger partial charge in [0.05, 0.1) is 30.0 Å². The van der Waals surface area contributed by atoms with Crippen molar-refractivity contribution in [3.05, 3.63) is 77.6 Å². The van der Waals surface area contributed by atoms with Crippen molar-refractivity contribution in [2.75, 3.05) is 36.5 Å². The molecule has 0 spiro atoms. The summed E-state index contributed by atoms with van der Waals surface area (Å²) in [6.07, 6.45) is 0. The van der Waals surface area contributed by atoms with Crippen LogP contribution in [0.3, 0.4) is 0 Å². The van der Waals surface area contributed by atoms with Crippen LogP contribution in [0, 0.1) is 5.82 Å². The number of phenolic OH excluding ortho intramolecular Hbond substituents is 1. The summed E-state index contributed by atoms with van der Waals surface area (Å²) in [6.45, 7) is 2.43. The average molecular weight is 436 g/mol. The summed E-state index contributed by atoms with van der Waals surface area (Å²) in [5.41, 5.74) is 1.28. The zero-order valence-corrected chi connectivity index (χ0v) is 17.0. The van der Waals surface area contributed by atoms with E-state index >= 15 is 0 Å². The Balaban J connectivity index is 1.67. The number of carbonyl (C=O) groups is 2. The Hall–Kier alpha value is -3.91. The predicted molar refractivity (Wildman–Crippen MR) is 118 cm³/mol. The smallest absolute Gasteiger partial charge is 0.337 e. The van der Waals surface area contributed by atoms with Crippen molar-refractivity contribution >= 4 is 23.3 Å². The number of morpholine rings is 1. The van der Waals surface area contributed by atoms with Gasteiger partial charge < -0.3 is 25.2 Å². The van der Waals surface area contributed by atoms with Crippen LogP contribution >= 0.6 is 0 Å². The first-order valence-electron chi connectivity index (χ1n) is 10.0. The number of hydrogen-bond acceptors (Lipinski definition) is 5. The number of amides is 1. The van der Waals surface area contributed by atoms with E-state index in [-0.39, 0.29) is 28.1 Å². The number of rotatable bonds is 5. The second-order valence-corrected chi connectivity index (χ2v) is 7.30. The lowest BCUT2D eigenvalue weighted by molar-refractivity contribution is 0.0698. The minimum Gasteiger partial charge on any atom is -0.507 e. The lowest BCUT2D eigenvalue weighted by Crippen LogP contribution is -2.36. The van der Waals surface area contributed by atoms with Crippen LogP contribution in [0.4, 0.5) is 15.8 Å². The van der Waals surface area contributed by atoms with Gasteiger partial charge >= 0.3 is 5.97 Å². The summed E-state index contributed by atoms with van der Waals surface area (Å²) >= 11 is 0. The van der Waals surface area contributed by atoms with E-state index in [9.17, 15) is 24.2 Å². The molecule has 0 aliphatic carbocycles. The molecule has 1 heterocycles. The molecular formula is C24H21FN2O5. The van der Waals surface area contributed by atoms with Gasteiger partial charge in [-0.3, -0.25) is 4.79 Å². The first kappa shape index (κ1) is 21.3. The van der Waals surface area contributed by atoms with E-state index in [0.29, 0.717) is 31.9 Å². The summed E-state index contributed by atoms with van der Waals surface area (Å²) in [7, 11) is 0. The Bertz CT molecular complexity index is 1170. The lowest BCUT2D eigenvalue weighted by atomic mass is 10.0. The fraction of sp³-hybridized carbons (Fsp3) is 0.167. The van der Waals surface area contributed by atoms with Gasteiger partial charge in [0.2, 0.25) is 0 Å². The van der Waals surface area contributed by atoms with Crippen LogP contribution in [0.25, 0.3) is 11.1 Å². The van der Waals surface area contributed by atoms with Gasteiger partial charge in [-0.25, -0.2) is 9.18 Å². The van der Waals surface area contributed by atoms with E-state index in [1.807, 2.05) is 4.90 Å².